The van der Waals surface area contributed by atoms with Crippen molar-refractivity contribution < 1.29 is 4.79 Å². The van der Waals surface area contributed by atoms with Crippen LogP contribution in [-0.2, 0) is 13.0 Å². The Morgan fingerprint density at radius 2 is 2.11 bits per heavy atom. The molecule has 102 valence electrons. The van der Waals surface area contributed by atoms with E-state index in [2.05, 4.69) is 11.4 Å². The van der Waals surface area contributed by atoms with E-state index in [1.54, 1.807) is 0 Å². The topological polar surface area (TPSA) is 32.3 Å². The Hall–Kier alpha value is -1.35. The number of rotatable bonds is 2. The van der Waals surface area contributed by atoms with E-state index in [0.29, 0.717) is 6.04 Å². The number of nitrogens with zero attached hydrogens (tertiary/aromatic N) is 1. The van der Waals surface area contributed by atoms with E-state index < -0.39 is 0 Å². The number of hydrogen-bond donors (Lipinski definition) is 1. The lowest BCUT2D eigenvalue weighted by Crippen LogP contribution is -2.36. The van der Waals surface area contributed by atoms with Gasteiger partial charge in [0.2, 0.25) is 0 Å². The third-order valence-electron chi connectivity index (χ3n) is 4.56. The largest absolute Gasteiger partial charge is 0.339 e. The molecule has 3 rings (SSSR count). The Kier molecular flexibility index (Phi) is 3.56. The Balaban J connectivity index is 1.86. The van der Waals surface area contributed by atoms with Gasteiger partial charge in [-0.1, -0.05) is 25.0 Å². The minimum atomic E-state index is 0.214. The van der Waals surface area contributed by atoms with Gasteiger partial charge in [0.1, 0.15) is 0 Å². The van der Waals surface area contributed by atoms with Crippen molar-refractivity contribution in [3.8, 4) is 0 Å². The molecule has 1 fully saturated rings. The first kappa shape index (κ1) is 12.7. The molecule has 0 saturated heterocycles. The summed E-state index contributed by atoms with van der Waals surface area (Å²) in [5, 5.41) is 3.37. The highest BCUT2D eigenvalue weighted by atomic mass is 16.2. The van der Waals surface area contributed by atoms with Crippen molar-refractivity contribution in [2.24, 2.45) is 0 Å². The van der Waals surface area contributed by atoms with Crippen molar-refractivity contribution in [1.29, 1.82) is 0 Å². The van der Waals surface area contributed by atoms with E-state index in [0.717, 1.165) is 25.1 Å². The Bertz CT molecular complexity index is 478. The van der Waals surface area contributed by atoms with Crippen LogP contribution in [0.4, 0.5) is 0 Å². The van der Waals surface area contributed by atoms with Crippen molar-refractivity contribution >= 4 is 5.91 Å². The molecule has 3 nitrogen and oxygen atoms in total. The fraction of sp³-hybridized carbons (Fsp3) is 0.562. The summed E-state index contributed by atoms with van der Waals surface area (Å²) in [6.07, 6.45) is 5.82. The first-order chi connectivity index (χ1) is 9.27. The van der Waals surface area contributed by atoms with E-state index in [1.807, 2.05) is 24.1 Å². The molecule has 1 aliphatic heterocycles. The van der Waals surface area contributed by atoms with Crippen LogP contribution in [0, 0.1) is 0 Å². The lowest BCUT2D eigenvalue weighted by atomic mass is 9.94. The number of nitrogens with one attached hydrogen (secondary N) is 1. The van der Waals surface area contributed by atoms with Gasteiger partial charge in [-0.15, -0.1) is 0 Å². The number of amides is 1. The standard InChI is InChI=1S/C16H22N2O/c1-18(13-6-2-3-7-13)16(19)15-8-4-5-12-11-17-10-9-14(12)15/h4-5,8,13,17H,2-3,6-7,9-11H2,1H3. The molecule has 0 radical (unpaired) electrons. The van der Waals surface area contributed by atoms with Crippen molar-refractivity contribution in [3.05, 3.63) is 34.9 Å². The summed E-state index contributed by atoms with van der Waals surface area (Å²) in [6, 6.07) is 6.60. The van der Waals surface area contributed by atoms with Crippen LogP contribution < -0.4 is 5.32 Å². The first-order valence-corrected chi connectivity index (χ1v) is 7.36. The van der Waals surface area contributed by atoms with Crippen LogP contribution in [-0.4, -0.2) is 30.4 Å². The molecule has 1 N–H and O–H groups in total. The van der Waals surface area contributed by atoms with Crippen molar-refractivity contribution in [1.82, 2.24) is 10.2 Å². The lowest BCUT2D eigenvalue weighted by Gasteiger charge is -2.27. The average molecular weight is 258 g/mol. The third kappa shape index (κ3) is 2.39. The monoisotopic (exact) mass is 258 g/mol. The minimum Gasteiger partial charge on any atom is -0.339 e. The summed E-state index contributed by atoms with van der Waals surface area (Å²) < 4.78 is 0. The van der Waals surface area contributed by atoms with Gasteiger partial charge in [-0.25, -0.2) is 0 Å². The quantitative estimate of drug-likeness (QED) is 0.883. The maximum atomic E-state index is 12.7. The first-order valence-electron chi connectivity index (χ1n) is 7.36. The summed E-state index contributed by atoms with van der Waals surface area (Å²) in [5.41, 5.74) is 3.47. The van der Waals surface area contributed by atoms with Gasteiger partial charge < -0.3 is 10.2 Å². The normalized spacial score (nSPS) is 19.2. The van der Waals surface area contributed by atoms with E-state index >= 15 is 0 Å². The molecule has 1 amide bonds. The highest BCUT2D eigenvalue weighted by Gasteiger charge is 2.26. The number of carbonyl (C=O) groups excluding carboxylic acids is 1. The van der Waals surface area contributed by atoms with Gasteiger partial charge in [0.15, 0.2) is 0 Å². The maximum Gasteiger partial charge on any atom is 0.254 e. The van der Waals surface area contributed by atoms with Gasteiger partial charge in [-0.3, -0.25) is 4.79 Å². The Morgan fingerprint density at radius 1 is 1.32 bits per heavy atom. The fourth-order valence-corrected chi connectivity index (χ4v) is 3.38. The average Bonchev–Trinajstić information content (AvgIpc) is 2.99. The van der Waals surface area contributed by atoms with E-state index in [9.17, 15) is 4.79 Å². The van der Waals surface area contributed by atoms with Gasteiger partial charge in [0, 0.05) is 25.2 Å². The van der Waals surface area contributed by atoms with Crippen molar-refractivity contribution in [2.45, 2.75) is 44.7 Å². The number of hydrogen-bond acceptors (Lipinski definition) is 2. The maximum absolute atomic E-state index is 12.7. The summed E-state index contributed by atoms with van der Waals surface area (Å²) in [7, 11) is 1.97. The summed E-state index contributed by atoms with van der Waals surface area (Å²) in [6.45, 7) is 1.87. The molecule has 1 aromatic rings. The van der Waals surface area contributed by atoms with Crippen LogP contribution in [0.3, 0.4) is 0 Å². The lowest BCUT2D eigenvalue weighted by molar-refractivity contribution is 0.0733. The molecule has 1 aromatic carbocycles. The molecule has 0 spiro atoms. The van der Waals surface area contributed by atoms with Gasteiger partial charge in [-0.2, -0.15) is 0 Å². The van der Waals surface area contributed by atoms with Crippen molar-refractivity contribution in [2.75, 3.05) is 13.6 Å². The predicted molar refractivity (Wildman–Crippen MR) is 76.2 cm³/mol. The molecule has 3 heteroatoms. The molecule has 19 heavy (non-hydrogen) atoms. The van der Waals surface area contributed by atoms with Gasteiger partial charge in [-0.05, 0) is 43.0 Å². The molecule has 1 heterocycles. The second kappa shape index (κ2) is 5.33. The van der Waals surface area contributed by atoms with Crippen LogP contribution in [0.15, 0.2) is 18.2 Å². The molecule has 1 saturated carbocycles. The SMILES string of the molecule is CN(C(=O)c1cccc2c1CCNC2)C1CCCC1. The minimum absolute atomic E-state index is 0.214. The molecular weight excluding hydrogens is 236 g/mol. The van der Waals surface area contributed by atoms with Crippen LogP contribution in [0.5, 0.6) is 0 Å². The third-order valence-corrected chi connectivity index (χ3v) is 4.56. The van der Waals surface area contributed by atoms with Gasteiger partial charge >= 0.3 is 0 Å². The van der Waals surface area contributed by atoms with Crippen LogP contribution in [0.1, 0.15) is 47.2 Å². The van der Waals surface area contributed by atoms with Crippen molar-refractivity contribution in [3.63, 3.8) is 0 Å². The van der Waals surface area contributed by atoms with Gasteiger partial charge in [0.25, 0.3) is 5.91 Å². The Morgan fingerprint density at radius 3 is 2.89 bits per heavy atom. The number of benzene rings is 1. The zero-order chi connectivity index (χ0) is 13.2. The molecule has 0 unspecified atom stereocenters. The number of fused-ring (bicyclic) bond motifs is 1. The molecule has 2 aliphatic rings. The highest BCUT2D eigenvalue weighted by molar-refractivity contribution is 5.96. The van der Waals surface area contributed by atoms with E-state index in [4.69, 9.17) is 0 Å². The van der Waals surface area contributed by atoms with Crippen LogP contribution >= 0.6 is 0 Å². The fourth-order valence-electron chi connectivity index (χ4n) is 3.38. The van der Waals surface area contributed by atoms with E-state index in [-0.39, 0.29) is 5.91 Å². The molecule has 0 bridgehead atoms. The Labute approximate surface area is 115 Å². The summed E-state index contributed by atoms with van der Waals surface area (Å²) in [4.78, 5) is 14.7. The highest BCUT2D eigenvalue weighted by Crippen LogP contribution is 2.26. The summed E-state index contributed by atoms with van der Waals surface area (Å²) in [5.74, 6) is 0.214. The zero-order valence-corrected chi connectivity index (χ0v) is 11.6. The molecule has 0 atom stereocenters. The second-order valence-corrected chi connectivity index (χ2v) is 5.72. The second-order valence-electron chi connectivity index (χ2n) is 5.72. The van der Waals surface area contributed by atoms with E-state index in [1.165, 1.54) is 36.8 Å². The van der Waals surface area contributed by atoms with Crippen LogP contribution in [0.2, 0.25) is 0 Å². The smallest absolute Gasteiger partial charge is 0.254 e. The van der Waals surface area contributed by atoms with Crippen LogP contribution in [0.25, 0.3) is 0 Å². The summed E-state index contributed by atoms with van der Waals surface area (Å²) >= 11 is 0. The molecular formula is C16H22N2O. The molecule has 0 aromatic heterocycles. The zero-order valence-electron chi connectivity index (χ0n) is 11.6. The molecule has 1 aliphatic carbocycles. The number of carbonyl (C=O) groups is 1. The predicted octanol–water partition coefficient (Wildman–Crippen LogP) is 2.35. The van der Waals surface area contributed by atoms with Gasteiger partial charge in [0.05, 0.1) is 0 Å².